The first-order valence-corrected chi connectivity index (χ1v) is 9.28. The zero-order valence-electron chi connectivity index (χ0n) is 13.0. The van der Waals surface area contributed by atoms with E-state index in [1.54, 1.807) is 11.3 Å². The van der Waals surface area contributed by atoms with Gasteiger partial charge in [0.1, 0.15) is 0 Å². The Kier molecular flexibility index (Phi) is 4.96. The summed E-state index contributed by atoms with van der Waals surface area (Å²) in [6.07, 6.45) is 6.52. The summed E-state index contributed by atoms with van der Waals surface area (Å²) in [6, 6.07) is 3.22. The van der Waals surface area contributed by atoms with Crippen LogP contribution in [0.15, 0.2) is 16.8 Å². The van der Waals surface area contributed by atoms with Crippen molar-refractivity contribution in [1.29, 1.82) is 0 Å². The van der Waals surface area contributed by atoms with Crippen molar-refractivity contribution in [2.45, 2.75) is 57.5 Å². The molecule has 2 fully saturated rings. The van der Waals surface area contributed by atoms with E-state index in [-0.39, 0.29) is 0 Å². The maximum Gasteiger partial charge on any atom is 0.223 e. The van der Waals surface area contributed by atoms with Crippen molar-refractivity contribution >= 4 is 17.2 Å². The molecule has 116 valence electrons. The molecule has 0 aliphatic carbocycles. The molecule has 3 nitrogen and oxygen atoms in total. The summed E-state index contributed by atoms with van der Waals surface area (Å²) in [5.74, 6) is 0.367. The lowest BCUT2D eigenvalue weighted by Gasteiger charge is -2.34. The second kappa shape index (κ2) is 6.93. The molecule has 2 saturated heterocycles. The van der Waals surface area contributed by atoms with Gasteiger partial charge in [0.15, 0.2) is 0 Å². The highest BCUT2D eigenvalue weighted by molar-refractivity contribution is 7.07. The number of likely N-dealkylation sites (N-methyl/N-ethyl adjacent to an activating group) is 1. The minimum absolute atomic E-state index is 0.367. The number of carbonyl (C=O) groups excluding carboxylic acids is 1. The van der Waals surface area contributed by atoms with Crippen molar-refractivity contribution in [2.75, 3.05) is 19.6 Å². The first-order chi connectivity index (χ1) is 10.3. The molecule has 2 atom stereocenters. The Morgan fingerprint density at radius 2 is 2.10 bits per heavy atom. The van der Waals surface area contributed by atoms with Crippen LogP contribution in [-0.2, 0) is 11.2 Å². The molecule has 2 aliphatic heterocycles. The van der Waals surface area contributed by atoms with Gasteiger partial charge < -0.3 is 4.90 Å². The number of carbonyl (C=O) groups is 1. The van der Waals surface area contributed by atoms with Crippen molar-refractivity contribution in [3.63, 3.8) is 0 Å². The molecule has 4 heteroatoms. The van der Waals surface area contributed by atoms with Crippen LogP contribution < -0.4 is 0 Å². The molecule has 0 bridgehead atoms. The third kappa shape index (κ3) is 3.32. The molecule has 1 aromatic rings. The van der Waals surface area contributed by atoms with E-state index < -0.39 is 0 Å². The number of hydrogen-bond donors (Lipinski definition) is 0. The number of rotatable bonds is 5. The van der Waals surface area contributed by atoms with Crippen LogP contribution in [-0.4, -0.2) is 47.4 Å². The summed E-state index contributed by atoms with van der Waals surface area (Å²) in [4.78, 5) is 17.4. The van der Waals surface area contributed by atoms with E-state index in [9.17, 15) is 4.79 Å². The van der Waals surface area contributed by atoms with Crippen LogP contribution >= 0.6 is 11.3 Å². The Labute approximate surface area is 131 Å². The minimum Gasteiger partial charge on any atom is -0.338 e. The Morgan fingerprint density at radius 3 is 2.86 bits per heavy atom. The molecule has 3 rings (SSSR count). The van der Waals surface area contributed by atoms with Gasteiger partial charge in [0.25, 0.3) is 0 Å². The van der Waals surface area contributed by atoms with E-state index in [4.69, 9.17) is 0 Å². The molecule has 1 aromatic heterocycles. The van der Waals surface area contributed by atoms with Gasteiger partial charge in [-0.3, -0.25) is 9.69 Å². The van der Waals surface area contributed by atoms with E-state index in [0.29, 0.717) is 24.4 Å². The molecule has 2 aliphatic rings. The summed E-state index contributed by atoms with van der Waals surface area (Å²) in [5.41, 5.74) is 1.31. The monoisotopic (exact) mass is 306 g/mol. The molecular formula is C17H26N2OS. The quantitative estimate of drug-likeness (QED) is 0.834. The van der Waals surface area contributed by atoms with E-state index in [1.165, 1.54) is 37.8 Å². The van der Waals surface area contributed by atoms with Crippen LogP contribution in [0.3, 0.4) is 0 Å². The Bertz CT molecular complexity index is 459. The normalized spacial score (nSPS) is 26.6. The zero-order valence-corrected chi connectivity index (χ0v) is 13.8. The second-order valence-electron chi connectivity index (χ2n) is 6.27. The van der Waals surface area contributed by atoms with Crippen LogP contribution in [0.5, 0.6) is 0 Å². The van der Waals surface area contributed by atoms with Crippen LogP contribution in [0.25, 0.3) is 0 Å². The molecule has 0 N–H and O–H groups in total. The Morgan fingerprint density at radius 1 is 1.29 bits per heavy atom. The van der Waals surface area contributed by atoms with Gasteiger partial charge in [-0.1, -0.05) is 6.92 Å². The average molecular weight is 306 g/mol. The van der Waals surface area contributed by atoms with Crippen molar-refractivity contribution in [2.24, 2.45) is 0 Å². The van der Waals surface area contributed by atoms with Gasteiger partial charge >= 0.3 is 0 Å². The van der Waals surface area contributed by atoms with Gasteiger partial charge in [-0.05, 0) is 67.6 Å². The predicted molar refractivity (Wildman–Crippen MR) is 87.6 cm³/mol. The van der Waals surface area contributed by atoms with Crippen LogP contribution in [0.2, 0.25) is 0 Å². The number of amides is 1. The van der Waals surface area contributed by atoms with Gasteiger partial charge in [0.2, 0.25) is 5.91 Å². The van der Waals surface area contributed by atoms with E-state index >= 15 is 0 Å². The first-order valence-electron chi connectivity index (χ1n) is 8.34. The number of aryl methyl sites for hydroxylation is 1. The van der Waals surface area contributed by atoms with Crippen LogP contribution in [0.1, 0.15) is 44.6 Å². The molecule has 0 radical (unpaired) electrons. The van der Waals surface area contributed by atoms with Crippen molar-refractivity contribution in [1.82, 2.24) is 9.80 Å². The van der Waals surface area contributed by atoms with E-state index in [0.717, 1.165) is 19.5 Å². The molecule has 0 spiro atoms. The lowest BCUT2D eigenvalue weighted by molar-refractivity contribution is -0.133. The standard InChI is InChI=1S/C17H26N2OS/c1-2-18-10-3-5-15(18)16-6-4-11-19(16)17(20)8-7-14-9-12-21-13-14/h9,12-13,15-16H,2-8,10-11H2,1H3/t15-,16-/m1/s1. The molecule has 0 saturated carbocycles. The summed E-state index contributed by atoms with van der Waals surface area (Å²) < 4.78 is 0. The lowest BCUT2D eigenvalue weighted by atomic mass is 10.0. The van der Waals surface area contributed by atoms with Crippen LogP contribution in [0.4, 0.5) is 0 Å². The molecule has 1 amide bonds. The number of nitrogens with zero attached hydrogens (tertiary/aromatic N) is 2. The topological polar surface area (TPSA) is 23.6 Å². The average Bonchev–Trinajstić information content (AvgIpc) is 3.23. The SMILES string of the molecule is CCN1CCC[C@@H]1[C@H]1CCCN1C(=O)CCc1ccsc1. The molecule has 21 heavy (non-hydrogen) atoms. The van der Waals surface area contributed by atoms with E-state index in [1.807, 2.05) is 0 Å². The number of hydrogen-bond acceptors (Lipinski definition) is 3. The number of likely N-dealkylation sites (tertiary alicyclic amines) is 2. The van der Waals surface area contributed by atoms with Crippen molar-refractivity contribution in [3.8, 4) is 0 Å². The smallest absolute Gasteiger partial charge is 0.223 e. The van der Waals surface area contributed by atoms with Gasteiger partial charge in [-0.2, -0.15) is 11.3 Å². The van der Waals surface area contributed by atoms with Crippen molar-refractivity contribution < 1.29 is 4.79 Å². The third-order valence-corrected chi connectivity index (χ3v) is 5.82. The maximum atomic E-state index is 12.6. The minimum atomic E-state index is 0.367. The van der Waals surface area contributed by atoms with Crippen LogP contribution in [0, 0.1) is 0 Å². The molecule has 0 unspecified atom stereocenters. The summed E-state index contributed by atoms with van der Waals surface area (Å²) in [7, 11) is 0. The molecule has 0 aromatic carbocycles. The largest absolute Gasteiger partial charge is 0.338 e. The van der Waals surface area contributed by atoms with Crippen molar-refractivity contribution in [3.05, 3.63) is 22.4 Å². The third-order valence-electron chi connectivity index (χ3n) is 5.09. The predicted octanol–water partition coefficient (Wildman–Crippen LogP) is 3.16. The second-order valence-corrected chi connectivity index (χ2v) is 7.05. The fourth-order valence-electron chi connectivity index (χ4n) is 4.01. The highest BCUT2D eigenvalue weighted by atomic mass is 32.1. The Balaban J connectivity index is 1.59. The first kappa shape index (κ1) is 15.0. The van der Waals surface area contributed by atoms with Gasteiger partial charge in [0, 0.05) is 25.0 Å². The van der Waals surface area contributed by atoms with E-state index in [2.05, 4.69) is 33.6 Å². The molecular weight excluding hydrogens is 280 g/mol. The fourth-order valence-corrected chi connectivity index (χ4v) is 4.72. The maximum absolute atomic E-state index is 12.6. The lowest BCUT2D eigenvalue weighted by Crippen LogP contribution is -2.48. The Hall–Kier alpha value is -0.870. The summed E-state index contributed by atoms with van der Waals surface area (Å²) in [5, 5.41) is 4.25. The summed E-state index contributed by atoms with van der Waals surface area (Å²) >= 11 is 1.72. The molecule has 3 heterocycles. The van der Waals surface area contributed by atoms with Gasteiger partial charge in [-0.25, -0.2) is 0 Å². The highest BCUT2D eigenvalue weighted by Gasteiger charge is 2.38. The van der Waals surface area contributed by atoms with Gasteiger partial charge in [0.05, 0.1) is 0 Å². The number of thiophene rings is 1. The van der Waals surface area contributed by atoms with Gasteiger partial charge in [-0.15, -0.1) is 0 Å². The highest BCUT2D eigenvalue weighted by Crippen LogP contribution is 2.30. The zero-order chi connectivity index (χ0) is 14.7. The summed E-state index contributed by atoms with van der Waals surface area (Å²) in [6.45, 7) is 5.56. The fraction of sp³-hybridized carbons (Fsp3) is 0.706.